The number of rotatable bonds is 5. The molecule has 0 bridgehead atoms. The summed E-state index contributed by atoms with van der Waals surface area (Å²) >= 11 is 0. The van der Waals surface area contributed by atoms with Crippen LogP contribution in [0.4, 0.5) is 10.5 Å². The van der Waals surface area contributed by atoms with Crippen molar-refractivity contribution in [3.8, 4) is 11.5 Å². The molecular weight excluding hydrogens is 360 g/mol. The molecule has 0 aliphatic carbocycles. The highest BCUT2D eigenvalue weighted by molar-refractivity contribution is 5.89. The van der Waals surface area contributed by atoms with Gasteiger partial charge in [-0.3, -0.25) is 4.98 Å². The number of carbonyl (C=O) groups excluding carboxylic acids is 1. The van der Waals surface area contributed by atoms with E-state index in [0.717, 1.165) is 5.69 Å². The molecule has 1 aromatic carbocycles. The molecule has 1 aliphatic rings. The third-order valence-corrected chi connectivity index (χ3v) is 4.46. The largest absolute Gasteiger partial charge is 0.497 e. The van der Waals surface area contributed by atoms with Gasteiger partial charge in [0.1, 0.15) is 23.8 Å². The predicted molar refractivity (Wildman–Crippen MR) is 101 cm³/mol. The number of nitrogens with one attached hydrogen (secondary N) is 1. The second kappa shape index (κ2) is 7.95. The van der Waals surface area contributed by atoms with E-state index in [-0.39, 0.29) is 12.6 Å². The van der Waals surface area contributed by atoms with Gasteiger partial charge in [-0.05, 0) is 24.3 Å². The minimum absolute atomic E-state index is 0.181. The molecule has 0 unspecified atom stereocenters. The zero-order valence-corrected chi connectivity index (χ0v) is 15.4. The first kappa shape index (κ1) is 17.8. The number of hydrogen-bond acceptors (Lipinski definition) is 6. The molecule has 0 fully saturated rings. The number of amides is 2. The minimum Gasteiger partial charge on any atom is -0.497 e. The van der Waals surface area contributed by atoms with Crippen molar-refractivity contribution >= 4 is 11.7 Å². The number of hydrogen-bond donors (Lipinski definition) is 1. The Morgan fingerprint density at radius 2 is 2.11 bits per heavy atom. The lowest BCUT2D eigenvalue weighted by molar-refractivity contribution is 0.193. The van der Waals surface area contributed by atoms with Gasteiger partial charge >= 0.3 is 6.03 Å². The molecule has 4 rings (SSSR count). The van der Waals surface area contributed by atoms with E-state index >= 15 is 0 Å². The lowest BCUT2D eigenvalue weighted by Gasteiger charge is -2.28. The van der Waals surface area contributed by atoms with Crippen LogP contribution in [-0.2, 0) is 19.7 Å². The Labute approximate surface area is 161 Å². The first-order chi connectivity index (χ1) is 13.7. The number of methoxy groups -OCH3 is 1. The van der Waals surface area contributed by atoms with Crippen molar-refractivity contribution in [3.05, 3.63) is 60.2 Å². The lowest BCUT2D eigenvalue weighted by Crippen LogP contribution is -2.41. The van der Waals surface area contributed by atoms with E-state index in [0.29, 0.717) is 42.5 Å². The average Bonchev–Trinajstić information content (AvgIpc) is 3.15. The Kier molecular flexibility index (Phi) is 5.05. The minimum atomic E-state index is -0.181. The summed E-state index contributed by atoms with van der Waals surface area (Å²) < 4.78 is 12.7. The van der Waals surface area contributed by atoms with Crippen LogP contribution in [0.1, 0.15) is 11.4 Å². The molecule has 28 heavy (non-hydrogen) atoms. The summed E-state index contributed by atoms with van der Waals surface area (Å²) in [7, 11) is 1.59. The van der Waals surface area contributed by atoms with Gasteiger partial charge < -0.3 is 19.7 Å². The number of carbonyl (C=O) groups is 1. The normalized spacial score (nSPS) is 13.0. The van der Waals surface area contributed by atoms with Crippen LogP contribution in [0.15, 0.2) is 48.8 Å². The van der Waals surface area contributed by atoms with Crippen LogP contribution in [0.5, 0.6) is 11.5 Å². The standard InChI is InChI=1S/C19H20N6O3/c1-27-15-5-2-4-14(10-15)21-19(26)24-8-9-25-18(12-24)17(22-23-25)13-28-16-6-3-7-20-11-16/h2-7,10-11H,8-9,12-13H2,1H3,(H,21,26). The second-order valence-electron chi connectivity index (χ2n) is 6.27. The van der Waals surface area contributed by atoms with Gasteiger partial charge in [-0.25, -0.2) is 9.48 Å². The number of anilines is 1. The molecule has 9 nitrogen and oxygen atoms in total. The van der Waals surface area contributed by atoms with Crippen molar-refractivity contribution < 1.29 is 14.3 Å². The van der Waals surface area contributed by atoms with Crippen molar-refractivity contribution in [2.45, 2.75) is 19.7 Å². The van der Waals surface area contributed by atoms with E-state index in [1.165, 1.54) is 0 Å². The van der Waals surface area contributed by atoms with E-state index < -0.39 is 0 Å². The first-order valence-corrected chi connectivity index (χ1v) is 8.87. The molecule has 0 saturated heterocycles. The van der Waals surface area contributed by atoms with Crippen molar-refractivity contribution in [1.29, 1.82) is 0 Å². The van der Waals surface area contributed by atoms with Crippen LogP contribution in [0.25, 0.3) is 0 Å². The molecular formula is C19H20N6O3. The van der Waals surface area contributed by atoms with Crippen LogP contribution < -0.4 is 14.8 Å². The van der Waals surface area contributed by atoms with Gasteiger partial charge in [0.15, 0.2) is 0 Å². The van der Waals surface area contributed by atoms with Crippen LogP contribution in [0.2, 0.25) is 0 Å². The number of benzene rings is 1. The summed E-state index contributed by atoms with van der Waals surface area (Å²) in [5.41, 5.74) is 2.26. The number of ether oxygens (including phenoxy) is 2. The second-order valence-corrected chi connectivity index (χ2v) is 6.27. The van der Waals surface area contributed by atoms with Crippen molar-refractivity contribution in [1.82, 2.24) is 24.9 Å². The molecule has 9 heteroatoms. The SMILES string of the molecule is COc1cccc(NC(=O)N2CCn3nnc(COc4cccnc4)c3C2)c1. The Hall–Kier alpha value is -3.62. The summed E-state index contributed by atoms with van der Waals surface area (Å²) in [5.74, 6) is 1.35. The Morgan fingerprint density at radius 3 is 2.93 bits per heavy atom. The van der Waals surface area contributed by atoms with Crippen molar-refractivity contribution in [2.75, 3.05) is 19.0 Å². The molecule has 144 valence electrons. The maximum Gasteiger partial charge on any atom is 0.322 e. The molecule has 0 atom stereocenters. The molecule has 2 amide bonds. The molecule has 1 aliphatic heterocycles. The topological polar surface area (TPSA) is 94.4 Å². The van der Waals surface area contributed by atoms with E-state index in [1.807, 2.05) is 28.9 Å². The maximum atomic E-state index is 12.7. The molecule has 0 radical (unpaired) electrons. The fourth-order valence-electron chi connectivity index (χ4n) is 2.97. The molecule has 0 spiro atoms. The van der Waals surface area contributed by atoms with E-state index in [2.05, 4.69) is 20.6 Å². The van der Waals surface area contributed by atoms with Crippen LogP contribution in [0.3, 0.4) is 0 Å². The smallest absolute Gasteiger partial charge is 0.322 e. The predicted octanol–water partition coefficient (Wildman–Crippen LogP) is 2.31. The highest BCUT2D eigenvalue weighted by Gasteiger charge is 2.25. The van der Waals surface area contributed by atoms with Crippen LogP contribution >= 0.6 is 0 Å². The summed E-state index contributed by atoms with van der Waals surface area (Å²) in [5, 5.41) is 11.3. The van der Waals surface area contributed by atoms with Gasteiger partial charge in [0.25, 0.3) is 0 Å². The zero-order chi connectivity index (χ0) is 19.3. The Balaban J connectivity index is 1.42. The summed E-state index contributed by atoms with van der Waals surface area (Å²) in [6.07, 6.45) is 3.33. The zero-order valence-electron chi connectivity index (χ0n) is 15.4. The third-order valence-electron chi connectivity index (χ3n) is 4.46. The number of fused-ring (bicyclic) bond motifs is 1. The Morgan fingerprint density at radius 1 is 1.21 bits per heavy atom. The first-order valence-electron chi connectivity index (χ1n) is 8.87. The van der Waals surface area contributed by atoms with E-state index in [9.17, 15) is 4.79 Å². The fourth-order valence-corrected chi connectivity index (χ4v) is 2.97. The van der Waals surface area contributed by atoms with E-state index in [1.54, 1.807) is 36.5 Å². The quantitative estimate of drug-likeness (QED) is 0.730. The van der Waals surface area contributed by atoms with Crippen LogP contribution in [-0.4, -0.2) is 44.6 Å². The van der Waals surface area contributed by atoms with Gasteiger partial charge in [-0.1, -0.05) is 11.3 Å². The highest BCUT2D eigenvalue weighted by atomic mass is 16.5. The summed E-state index contributed by atoms with van der Waals surface area (Å²) in [4.78, 5) is 18.4. The maximum absolute atomic E-state index is 12.7. The molecule has 3 aromatic rings. The highest BCUT2D eigenvalue weighted by Crippen LogP contribution is 2.20. The van der Waals surface area contributed by atoms with Gasteiger partial charge in [0.05, 0.1) is 32.1 Å². The molecule has 0 saturated carbocycles. The summed E-state index contributed by atoms with van der Waals surface area (Å²) in [6, 6.07) is 10.7. The van der Waals surface area contributed by atoms with Gasteiger partial charge in [-0.2, -0.15) is 0 Å². The van der Waals surface area contributed by atoms with Crippen molar-refractivity contribution in [2.24, 2.45) is 0 Å². The third kappa shape index (κ3) is 3.88. The van der Waals surface area contributed by atoms with Gasteiger partial charge in [0.2, 0.25) is 0 Å². The van der Waals surface area contributed by atoms with E-state index in [4.69, 9.17) is 9.47 Å². The number of urea groups is 1. The average molecular weight is 380 g/mol. The number of pyridine rings is 1. The summed E-state index contributed by atoms with van der Waals surface area (Å²) in [6.45, 7) is 1.82. The number of aromatic nitrogens is 4. The monoisotopic (exact) mass is 380 g/mol. The fraction of sp³-hybridized carbons (Fsp3) is 0.263. The van der Waals surface area contributed by atoms with Crippen LogP contribution in [0, 0.1) is 0 Å². The number of nitrogens with zero attached hydrogens (tertiary/aromatic N) is 5. The molecule has 2 aromatic heterocycles. The lowest BCUT2D eigenvalue weighted by atomic mass is 10.2. The van der Waals surface area contributed by atoms with Crippen molar-refractivity contribution in [3.63, 3.8) is 0 Å². The molecule has 1 N–H and O–H groups in total. The molecule has 3 heterocycles. The Bertz CT molecular complexity index is 959. The van der Waals surface area contributed by atoms with Gasteiger partial charge in [0, 0.05) is 24.5 Å². The van der Waals surface area contributed by atoms with Gasteiger partial charge in [-0.15, -0.1) is 5.10 Å².